The maximum atomic E-state index is 11.2. The van der Waals surface area contributed by atoms with Crippen LogP contribution < -0.4 is 5.73 Å². The Morgan fingerprint density at radius 3 is 2.71 bits per heavy atom. The van der Waals surface area contributed by atoms with Gasteiger partial charge < -0.3 is 15.8 Å². The molecule has 1 aromatic carbocycles. The first-order chi connectivity index (χ1) is 10.0. The van der Waals surface area contributed by atoms with E-state index in [1.54, 1.807) is 0 Å². The molecule has 0 spiro atoms. The van der Waals surface area contributed by atoms with Crippen LogP contribution in [0.15, 0.2) is 30.5 Å². The molecule has 2 N–H and O–H groups in total. The van der Waals surface area contributed by atoms with Crippen LogP contribution in [0.4, 0.5) is 5.82 Å². The molecule has 110 valence electrons. The van der Waals surface area contributed by atoms with Gasteiger partial charge in [0, 0.05) is 0 Å². The molecule has 0 atom stereocenters. The highest BCUT2D eigenvalue weighted by atomic mass is 16.6. The number of primary amides is 1. The van der Waals surface area contributed by atoms with Crippen LogP contribution in [0.5, 0.6) is 0 Å². The number of hydrogen-bond donors (Lipinski definition) is 1. The average molecular weight is 288 g/mol. The quantitative estimate of drug-likeness (QED) is 0.645. The maximum Gasteiger partial charge on any atom is 0.402 e. The Labute approximate surface area is 121 Å². The Balaban J connectivity index is 2.14. The van der Waals surface area contributed by atoms with Crippen LogP contribution in [0.3, 0.4) is 0 Å². The van der Waals surface area contributed by atoms with Crippen LogP contribution in [-0.4, -0.2) is 20.6 Å². The van der Waals surface area contributed by atoms with Crippen molar-refractivity contribution >= 4 is 11.7 Å². The summed E-state index contributed by atoms with van der Waals surface area (Å²) in [7, 11) is 0. The molecule has 21 heavy (non-hydrogen) atoms. The number of carbonyl (C=O) groups excluding carboxylic acids is 1. The van der Waals surface area contributed by atoms with Crippen LogP contribution in [0.25, 0.3) is 0 Å². The highest BCUT2D eigenvalue weighted by molar-refractivity contribution is 5.95. The Morgan fingerprint density at radius 2 is 2.14 bits per heavy atom. The van der Waals surface area contributed by atoms with Gasteiger partial charge in [0.05, 0.1) is 17.8 Å². The van der Waals surface area contributed by atoms with E-state index in [1.165, 1.54) is 16.4 Å². The van der Waals surface area contributed by atoms with Gasteiger partial charge in [-0.1, -0.05) is 31.2 Å². The number of nitro groups is 1. The molecule has 0 aliphatic rings. The number of nitrogens with zero attached hydrogens (tertiary/aromatic N) is 3. The second-order valence-electron chi connectivity index (χ2n) is 4.67. The van der Waals surface area contributed by atoms with E-state index in [0.717, 1.165) is 12.0 Å². The normalized spacial score (nSPS) is 10.5. The van der Waals surface area contributed by atoms with E-state index >= 15 is 0 Å². The third-order valence-corrected chi connectivity index (χ3v) is 3.21. The van der Waals surface area contributed by atoms with E-state index in [2.05, 4.69) is 18.1 Å². The minimum atomic E-state index is -0.846. The van der Waals surface area contributed by atoms with Gasteiger partial charge in [0.1, 0.15) is 0 Å². The van der Waals surface area contributed by atoms with Crippen LogP contribution in [0.2, 0.25) is 0 Å². The zero-order valence-corrected chi connectivity index (χ0v) is 11.7. The fourth-order valence-corrected chi connectivity index (χ4v) is 2.08. The molecule has 0 saturated carbocycles. The standard InChI is InChI=1S/C14H16N4O3/c1-2-10-4-3-5-11(8-10)6-7-17-9-12(13(15)19)14(16-17)18(20)21/h3-5,8-9H,2,6-7H2,1H3,(H2,15,19). The summed E-state index contributed by atoms with van der Waals surface area (Å²) in [5, 5.41) is 14.6. The maximum absolute atomic E-state index is 11.2. The number of amides is 1. The summed E-state index contributed by atoms with van der Waals surface area (Å²) in [6, 6.07) is 8.11. The van der Waals surface area contributed by atoms with Crippen molar-refractivity contribution in [1.29, 1.82) is 0 Å². The topological polar surface area (TPSA) is 104 Å². The SMILES string of the molecule is CCc1cccc(CCn2cc(C(N)=O)c([N+](=O)[O-])n2)c1. The highest BCUT2D eigenvalue weighted by Crippen LogP contribution is 2.15. The minimum Gasteiger partial charge on any atom is -0.365 e. The fraction of sp³-hybridized carbons (Fsp3) is 0.286. The molecule has 1 heterocycles. The lowest BCUT2D eigenvalue weighted by atomic mass is 10.1. The van der Waals surface area contributed by atoms with Gasteiger partial charge in [-0.3, -0.25) is 4.79 Å². The number of benzene rings is 1. The molecule has 0 radical (unpaired) electrons. The van der Waals surface area contributed by atoms with Gasteiger partial charge in [-0.15, -0.1) is 0 Å². The molecule has 2 rings (SSSR count). The first-order valence-electron chi connectivity index (χ1n) is 6.60. The van der Waals surface area contributed by atoms with Crippen LogP contribution in [0.1, 0.15) is 28.4 Å². The number of hydrogen-bond acceptors (Lipinski definition) is 4. The van der Waals surface area contributed by atoms with E-state index in [4.69, 9.17) is 5.73 Å². The van der Waals surface area contributed by atoms with E-state index < -0.39 is 16.6 Å². The third-order valence-electron chi connectivity index (χ3n) is 3.21. The van der Waals surface area contributed by atoms with Crippen molar-refractivity contribution in [1.82, 2.24) is 9.78 Å². The number of carbonyl (C=O) groups is 1. The van der Waals surface area contributed by atoms with Gasteiger partial charge in [-0.05, 0) is 28.9 Å². The molecule has 0 aliphatic heterocycles. The molecule has 7 heteroatoms. The van der Waals surface area contributed by atoms with Crippen molar-refractivity contribution in [3.8, 4) is 0 Å². The lowest BCUT2D eigenvalue weighted by Gasteiger charge is -2.02. The summed E-state index contributed by atoms with van der Waals surface area (Å²) in [5.74, 6) is -1.34. The largest absolute Gasteiger partial charge is 0.402 e. The molecule has 2 aromatic rings. The van der Waals surface area contributed by atoms with Crippen molar-refractivity contribution in [2.24, 2.45) is 5.73 Å². The summed E-state index contributed by atoms with van der Waals surface area (Å²) in [4.78, 5) is 21.3. The summed E-state index contributed by atoms with van der Waals surface area (Å²) in [6.45, 7) is 2.52. The van der Waals surface area contributed by atoms with Gasteiger partial charge >= 0.3 is 5.82 Å². The van der Waals surface area contributed by atoms with Gasteiger partial charge in [-0.25, -0.2) is 0 Å². The van der Waals surface area contributed by atoms with Gasteiger partial charge in [0.2, 0.25) is 0 Å². The molecule has 1 amide bonds. The zero-order chi connectivity index (χ0) is 15.4. The first-order valence-corrected chi connectivity index (χ1v) is 6.60. The van der Waals surface area contributed by atoms with Crippen LogP contribution in [0, 0.1) is 10.1 Å². The Kier molecular flexibility index (Phi) is 4.32. The number of aromatic nitrogens is 2. The minimum absolute atomic E-state index is 0.165. The lowest BCUT2D eigenvalue weighted by Crippen LogP contribution is -2.11. The predicted molar refractivity (Wildman–Crippen MR) is 76.9 cm³/mol. The smallest absolute Gasteiger partial charge is 0.365 e. The highest BCUT2D eigenvalue weighted by Gasteiger charge is 2.24. The monoisotopic (exact) mass is 288 g/mol. The summed E-state index contributed by atoms with van der Waals surface area (Å²) in [6.07, 6.45) is 2.95. The molecule has 7 nitrogen and oxygen atoms in total. The van der Waals surface area contributed by atoms with Crippen LogP contribution in [-0.2, 0) is 19.4 Å². The summed E-state index contributed by atoms with van der Waals surface area (Å²) >= 11 is 0. The van der Waals surface area contributed by atoms with Crippen molar-refractivity contribution < 1.29 is 9.72 Å². The first kappa shape index (κ1) is 14.7. The molecule has 0 saturated heterocycles. The van der Waals surface area contributed by atoms with E-state index in [0.29, 0.717) is 13.0 Å². The van der Waals surface area contributed by atoms with Gasteiger partial charge in [0.25, 0.3) is 5.91 Å². The second kappa shape index (κ2) is 6.17. The number of rotatable bonds is 6. The zero-order valence-electron chi connectivity index (χ0n) is 11.7. The summed E-state index contributed by atoms with van der Waals surface area (Å²) < 4.78 is 1.39. The average Bonchev–Trinajstić information content (AvgIpc) is 2.90. The van der Waals surface area contributed by atoms with E-state index in [9.17, 15) is 14.9 Å². The Morgan fingerprint density at radius 1 is 1.43 bits per heavy atom. The molecule has 1 aromatic heterocycles. The van der Waals surface area contributed by atoms with E-state index in [-0.39, 0.29) is 5.56 Å². The van der Waals surface area contributed by atoms with Crippen LogP contribution >= 0.6 is 0 Å². The Hall–Kier alpha value is -2.70. The predicted octanol–water partition coefficient (Wildman–Crippen LogP) is 1.70. The molecular formula is C14H16N4O3. The van der Waals surface area contributed by atoms with Crippen molar-refractivity contribution in [2.45, 2.75) is 26.3 Å². The van der Waals surface area contributed by atoms with Crippen molar-refractivity contribution in [2.75, 3.05) is 0 Å². The van der Waals surface area contributed by atoms with Crippen molar-refractivity contribution in [3.05, 3.63) is 57.3 Å². The Bertz CT molecular complexity index is 647. The molecule has 0 bridgehead atoms. The molecule has 0 fully saturated rings. The molecule has 0 unspecified atom stereocenters. The fourth-order valence-electron chi connectivity index (χ4n) is 2.08. The summed E-state index contributed by atoms with van der Waals surface area (Å²) in [5.41, 5.74) is 7.30. The number of aryl methyl sites for hydroxylation is 3. The number of nitrogens with two attached hydrogens (primary N) is 1. The molecular weight excluding hydrogens is 272 g/mol. The molecule has 0 aliphatic carbocycles. The lowest BCUT2D eigenvalue weighted by molar-refractivity contribution is -0.390. The van der Waals surface area contributed by atoms with Gasteiger partial charge in [-0.2, -0.15) is 4.68 Å². The van der Waals surface area contributed by atoms with Gasteiger partial charge in [0.15, 0.2) is 5.56 Å². The van der Waals surface area contributed by atoms with Crippen molar-refractivity contribution in [3.63, 3.8) is 0 Å². The third kappa shape index (κ3) is 3.44. The second-order valence-corrected chi connectivity index (χ2v) is 4.67. The van der Waals surface area contributed by atoms with E-state index in [1.807, 2.05) is 18.2 Å².